The SMILES string of the molecule is CC(=O)OC(CCCCC(C)C)c1ccco1. The van der Waals surface area contributed by atoms with Crippen LogP contribution in [-0.4, -0.2) is 5.97 Å². The number of hydrogen-bond acceptors (Lipinski definition) is 3. The molecule has 1 unspecified atom stereocenters. The summed E-state index contributed by atoms with van der Waals surface area (Å²) in [5.41, 5.74) is 0. The number of unbranched alkanes of at least 4 members (excludes halogenated alkanes) is 1. The Labute approximate surface area is 103 Å². The van der Waals surface area contributed by atoms with E-state index in [1.54, 1.807) is 6.26 Å². The van der Waals surface area contributed by atoms with Crippen LogP contribution in [0.5, 0.6) is 0 Å². The van der Waals surface area contributed by atoms with Gasteiger partial charge in [-0.25, -0.2) is 0 Å². The molecule has 0 amide bonds. The largest absolute Gasteiger partial charge is 0.465 e. The molecule has 0 saturated heterocycles. The van der Waals surface area contributed by atoms with Gasteiger partial charge in [0, 0.05) is 6.92 Å². The van der Waals surface area contributed by atoms with Gasteiger partial charge in [-0.3, -0.25) is 4.79 Å². The summed E-state index contributed by atoms with van der Waals surface area (Å²) in [6.45, 7) is 5.87. The van der Waals surface area contributed by atoms with Crippen molar-refractivity contribution in [2.75, 3.05) is 0 Å². The molecule has 0 aromatic carbocycles. The minimum absolute atomic E-state index is 0.227. The number of rotatable bonds is 7. The van der Waals surface area contributed by atoms with Crippen molar-refractivity contribution in [1.29, 1.82) is 0 Å². The van der Waals surface area contributed by atoms with Crippen LogP contribution in [0.3, 0.4) is 0 Å². The molecule has 96 valence electrons. The topological polar surface area (TPSA) is 39.4 Å². The van der Waals surface area contributed by atoms with Gasteiger partial charge in [0.25, 0.3) is 0 Å². The third-order valence-corrected chi connectivity index (χ3v) is 2.67. The zero-order valence-electron chi connectivity index (χ0n) is 10.9. The molecule has 0 aliphatic heterocycles. The summed E-state index contributed by atoms with van der Waals surface area (Å²) >= 11 is 0. The van der Waals surface area contributed by atoms with Crippen molar-refractivity contribution in [3.63, 3.8) is 0 Å². The molecule has 3 nitrogen and oxygen atoms in total. The average molecular weight is 238 g/mol. The van der Waals surface area contributed by atoms with Crippen LogP contribution >= 0.6 is 0 Å². The zero-order chi connectivity index (χ0) is 12.7. The van der Waals surface area contributed by atoms with E-state index in [2.05, 4.69) is 13.8 Å². The predicted octanol–water partition coefficient (Wildman–Crippen LogP) is 4.10. The Morgan fingerprint density at radius 1 is 1.35 bits per heavy atom. The highest BCUT2D eigenvalue weighted by molar-refractivity contribution is 5.66. The van der Waals surface area contributed by atoms with Crippen molar-refractivity contribution in [3.8, 4) is 0 Å². The first-order valence-electron chi connectivity index (χ1n) is 6.30. The molecule has 0 saturated carbocycles. The summed E-state index contributed by atoms with van der Waals surface area (Å²) in [6, 6.07) is 3.68. The van der Waals surface area contributed by atoms with Gasteiger partial charge in [-0.05, 0) is 30.9 Å². The summed E-state index contributed by atoms with van der Waals surface area (Å²) in [5, 5.41) is 0. The summed E-state index contributed by atoms with van der Waals surface area (Å²) in [6.07, 6.45) is 5.65. The third kappa shape index (κ3) is 5.57. The maximum absolute atomic E-state index is 11.0. The standard InChI is InChI=1S/C14H22O3/c1-11(2)7-4-5-8-14(17-12(3)15)13-9-6-10-16-13/h6,9-11,14H,4-5,7-8H2,1-3H3. The molecular formula is C14H22O3. The minimum atomic E-state index is -0.254. The van der Waals surface area contributed by atoms with E-state index >= 15 is 0 Å². The van der Waals surface area contributed by atoms with E-state index in [1.165, 1.54) is 13.3 Å². The van der Waals surface area contributed by atoms with Crippen molar-refractivity contribution in [1.82, 2.24) is 0 Å². The molecule has 0 fully saturated rings. The van der Waals surface area contributed by atoms with Gasteiger partial charge in [-0.15, -0.1) is 0 Å². The molecule has 1 atom stereocenters. The summed E-state index contributed by atoms with van der Waals surface area (Å²) in [5.74, 6) is 1.21. The highest BCUT2D eigenvalue weighted by Crippen LogP contribution is 2.25. The van der Waals surface area contributed by atoms with E-state index < -0.39 is 0 Å². The monoisotopic (exact) mass is 238 g/mol. The van der Waals surface area contributed by atoms with Gasteiger partial charge in [-0.2, -0.15) is 0 Å². The first kappa shape index (κ1) is 13.8. The predicted molar refractivity (Wildman–Crippen MR) is 66.5 cm³/mol. The number of carbonyl (C=O) groups is 1. The van der Waals surface area contributed by atoms with Crippen LogP contribution in [0.25, 0.3) is 0 Å². The third-order valence-electron chi connectivity index (χ3n) is 2.67. The Bertz CT molecular complexity index is 314. The van der Waals surface area contributed by atoms with Crippen LogP contribution in [0.4, 0.5) is 0 Å². The Kier molecular flexibility index (Phi) is 5.81. The summed E-state index contributed by atoms with van der Waals surface area (Å²) in [4.78, 5) is 11.0. The van der Waals surface area contributed by atoms with Crippen LogP contribution in [0.1, 0.15) is 58.3 Å². The number of ether oxygens (including phenoxy) is 1. The molecule has 0 spiro atoms. The fourth-order valence-corrected chi connectivity index (χ4v) is 1.82. The van der Waals surface area contributed by atoms with Gasteiger partial charge in [0.2, 0.25) is 0 Å². The van der Waals surface area contributed by atoms with Gasteiger partial charge in [0.15, 0.2) is 6.10 Å². The summed E-state index contributed by atoms with van der Waals surface area (Å²) < 4.78 is 10.6. The normalized spacial score (nSPS) is 12.7. The van der Waals surface area contributed by atoms with Crippen molar-refractivity contribution in [2.45, 2.75) is 52.6 Å². The van der Waals surface area contributed by atoms with E-state index in [0.717, 1.165) is 30.9 Å². The molecule has 1 aromatic rings. The molecule has 1 rings (SSSR count). The van der Waals surface area contributed by atoms with E-state index in [1.807, 2.05) is 12.1 Å². The molecule has 1 heterocycles. The average Bonchev–Trinajstić information content (AvgIpc) is 2.74. The molecule has 1 aromatic heterocycles. The van der Waals surface area contributed by atoms with E-state index in [4.69, 9.17) is 9.15 Å². The van der Waals surface area contributed by atoms with E-state index in [9.17, 15) is 4.79 Å². The smallest absolute Gasteiger partial charge is 0.303 e. The molecule has 0 N–H and O–H groups in total. The second-order valence-electron chi connectivity index (χ2n) is 4.79. The molecule has 0 radical (unpaired) electrons. The first-order valence-corrected chi connectivity index (χ1v) is 6.30. The van der Waals surface area contributed by atoms with Crippen molar-refractivity contribution in [3.05, 3.63) is 24.2 Å². The lowest BCUT2D eigenvalue weighted by atomic mass is 10.0. The molecule has 0 bridgehead atoms. The van der Waals surface area contributed by atoms with E-state index in [-0.39, 0.29) is 12.1 Å². The van der Waals surface area contributed by atoms with E-state index in [0.29, 0.717) is 0 Å². The number of carbonyl (C=O) groups excluding carboxylic acids is 1. The Morgan fingerprint density at radius 2 is 2.06 bits per heavy atom. The Balaban J connectivity index is 2.39. The molecule has 17 heavy (non-hydrogen) atoms. The van der Waals surface area contributed by atoms with Crippen molar-refractivity contribution >= 4 is 5.97 Å². The number of hydrogen-bond donors (Lipinski definition) is 0. The fraction of sp³-hybridized carbons (Fsp3) is 0.643. The van der Waals surface area contributed by atoms with Crippen LogP contribution in [-0.2, 0) is 9.53 Å². The highest BCUT2D eigenvalue weighted by Gasteiger charge is 2.16. The Morgan fingerprint density at radius 3 is 2.59 bits per heavy atom. The van der Waals surface area contributed by atoms with Crippen LogP contribution in [0.2, 0.25) is 0 Å². The van der Waals surface area contributed by atoms with Gasteiger partial charge < -0.3 is 9.15 Å². The quantitative estimate of drug-likeness (QED) is 0.530. The van der Waals surface area contributed by atoms with Gasteiger partial charge in [0.1, 0.15) is 5.76 Å². The molecule has 0 aliphatic rings. The minimum Gasteiger partial charge on any atom is -0.465 e. The molecule has 3 heteroatoms. The van der Waals surface area contributed by atoms with Gasteiger partial charge in [-0.1, -0.05) is 26.7 Å². The lowest BCUT2D eigenvalue weighted by Crippen LogP contribution is -2.08. The lowest BCUT2D eigenvalue weighted by Gasteiger charge is -2.14. The molecular weight excluding hydrogens is 216 g/mol. The van der Waals surface area contributed by atoms with Gasteiger partial charge in [0.05, 0.1) is 6.26 Å². The number of esters is 1. The van der Waals surface area contributed by atoms with Crippen molar-refractivity contribution in [2.24, 2.45) is 5.92 Å². The molecule has 0 aliphatic carbocycles. The maximum atomic E-state index is 11.0. The lowest BCUT2D eigenvalue weighted by molar-refractivity contribution is -0.148. The maximum Gasteiger partial charge on any atom is 0.303 e. The second-order valence-corrected chi connectivity index (χ2v) is 4.79. The highest BCUT2D eigenvalue weighted by atomic mass is 16.5. The van der Waals surface area contributed by atoms with Crippen LogP contribution in [0.15, 0.2) is 22.8 Å². The first-order chi connectivity index (χ1) is 8.09. The zero-order valence-corrected chi connectivity index (χ0v) is 10.9. The van der Waals surface area contributed by atoms with Crippen LogP contribution in [0, 0.1) is 5.92 Å². The fourth-order valence-electron chi connectivity index (χ4n) is 1.82. The van der Waals surface area contributed by atoms with Crippen LogP contribution < -0.4 is 0 Å². The second kappa shape index (κ2) is 7.15. The van der Waals surface area contributed by atoms with Gasteiger partial charge >= 0.3 is 5.97 Å². The van der Waals surface area contributed by atoms with Crippen molar-refractivity contribution < 1.29 is 13.9 Å². The Hall–Kier alpha value is -1.25. The number of furan rings is 1. The summed E-state index contributed by atoms with van der Waals surface area (Å²) in [7, 11) is 0.